The van der Waals surface area contributed by atoms with E-state index in [0.717, 1.165) is 42.6 Å². The molecule has 3 heterocycles. The number of piperidine rings is 1. The van der Waals surface area contributed by atoms with Crippen LogP contribution in [0.1, 0.15) is 51.8 Å². The van der Waals surface area contributed by atoms with E-state index in [2.05, 4.69) is 56.7 Å². The van der Waals surface area contributed by atoms with Crippen molar-refractivity contribution in [3.63, 3.8) is 0 Å². The summed E-state index contributed by atoms with van der Waals surface area (Å²) in [6, 6.07) is 4.51. The summed E-state index contributed by atoms with van der Waals surface area (Å²) in [6.45, 7) is 9.14. The van der Waals surface area contributed by atoms with Gasteiger partial charge in [0.1, 0.15) is 0 Å². The Morgan fingerprint density at radius 3 is 2.65 bits per heavy atom. The summed E-state index contributed by atoms with van der Waals surface area (Å²) in [5.41, 5.74) is 0. The van der Waals surface area contributed by atoms with Gasteiger partial charge in [0.2, 0.25) is 5.88 Å². The fraction of sp³-hybridized carbons (Fsp3) is 0.632. The number of aromatic nitrogens is 3. The summed E-state index contributed by atoms with van der Waals surface area (Å²) in [4.78, 5) is 11.0. The predicted octanol–water partition coefficient (Wildman–Crippen LogP) is 4.67. The molecule has 0 radical (unpaired) electrons. The molecule has 1 fully saturated rings. The second-order valence-corrected chi connectivity index (χ2v) is 8.26. The van der Waals surface area contributed by atoms with E-state index in [9.17, 15) is 0 Å². The van der Waals surface area contributed by atoms with Crippen LogP contribution in [0.15, 0.2) is 27.3 Å². The molecule has 0 unspecified atom stereocenters. The van der Waals surface area contributed by atoms with Gasteiger partial charge >= 0.3 is 6.01 Å². The van der Waals surface area contributed by atoms with Crippen molar-refractivity contribution in [2.45, 2.75) is 46.0 Å². The largest absolute Gasteiger partial charge is 0.478 e. The Kier molecular flexibility index (Phi) is 6.51. The fourth-order valence-corrected chi connectivity index (χ4v) is 3.52. The van der Waals surface area contributed by atoms with Crippen LogP contribution in [0.2, 0.25) is 0 Å². The Bertz CT molecular complexity index is 681. The normalized spacial score (nSPS) is 16.9. The van der Waals surface area contributed by atoms with Crippen molar-refractivity contribution in [1.82, 2.24) is 15.1 Å². The number of nitrogens with zero attached hydrogens (tertiary/aromatic N) is 4. The second-order valence-electron chi connectivity index (χ2n) is 7.34. The van der Waals surface area contributed by atoms with Crippen molar-refractivity contribution in [2.75, 3.05) is 24.6 Å². The van der Waals surface area contributed by atoms with Crippen molar-refractivity contribution < 1.29 is 9.26 Å². The number of ether oxygens (including phenoxy) is 1. The zero-order chi connectivity index (χ0) is 18.5. The topological polar surface area (TPSA) is 64.3 Å². The number of hydrogen-bond donors (Lipinski definition) is 0. The van der Waals surface area contributed by atoms with Crippen LogP contribution >= 0.6 is 15.9 Å². The van der Waals surface area contributed by atoms with Gasteiger partial charge in [0.15, 0.2) is 5.82 Å². The summed E-state index contributed by atoms with van der Waals surface area (Å²) in [6.07, 6.45) is 5.10. The van der Waals surface area contributed by atoms with Gasteiger partial charge in [-0.2, -0.15) is 4.98 Å². The van der Waals surface area contributed by atoms with Crippen LogP contribution in [0.25, 0.3) is 0 Å². The summed E-state index contributed by atoms with van der Waals surface area (Å²) >= 11 is 3.38. The smallest absolute Gasteiger partial charge is 0.324 e. The first-order valence-electron chi connectivity index (χ1n) is 9.36. The first kappa shape index (κ1) is 19.1. The number of rotatable bonds is 7. The van der Waals surface area contributed by atoms with Crippen LogP contribution in [-0.2, 0) is 0 Å². The quantitative estimate of drug-likeness (QED) is 0.645. The molecule has 1 aliphatic rings. The molecule has 0 N–H and O–H groups in total. The van der Waals surface area contributed by atoms with E-state index in [4.69, 9.17) is 9.26 Å². The number of pyridine rings is 1. The monoisotopic (exact) mass is 422 g/mol. The highest BCUT2D eigenvalue weighted by Gasteiger charge is 2.26. The molecule has 1 atom stereocenters. The Balaban J connectivity index is 1.41. The molecular formula is C19H27BrN4O2. The van der Waals surface area contributed by atoms with E-state index in [1.807, 2.05) is 12.1 Å². The lowest BCUT2D eigenvalue weighted by Gasteiger charge is -2.33. The molecule has 6 nitrogen and oxygen atoms in total. The number of anilines is 1. The number of halogens is 1. The Hall–Kier alpha value is -1.63. The minimum atomic E-state index is 0.297. The van der Waals surface area contributed by atoms with Crippen LogP contribution in [0.4, 0.5) is 6.01 Å². The third kappa shape index (κ3) is 4.96. The first-order valence-corrected chi connectivity index (χ1v) is 10.1. The third-order valence-electron chi connectivity index (χ3n) is 5.09. The zero-order valence-corrected chi connectivity index (χ0v) is 17.3. The van der Waals surface area contributed by atoms with Crippen LogP contribution in [-0.4, -0.2) is 34.8 Å². The number of hydrogen-bond acceptors (Lipinski definition) is 6. The van der Waals surface area contributed by atoms with E-state index < -0.39 is 0 Å². The highest BCUT2D eigenvalue weighted by Crippen LogP contribution is 2.29. The molecule has 142 valence electrons. The van der Waals surface area contributed by atoms with E-state index in [0.29, 0.717) is 36.3 Å². The van der Waals surface area contributed by atoms with E-state index in [1.54, 1.807) is 6.20 Å². The zero-order valence-electron chi connectivity index (χ0n) is 15.7. The van der Waals surface area contributed by atoms with Gasteiger partial charge in [-0.05, 0) is 53.1 Å². The Morgan fingerprint density at radius 1 is 1.27 bits per heavy atom. The molecule has 1 saturated heterocycles. The molecule has 0 aliphatic carbocycles. The van der Waals surface area contributed by atoms with Crippen LogP contribution in [0.5, 0.6) is 5.88 Å². The van der Waals surface area contributed by atoms with E-state index in [-0.39, 0.29) is 0 Å². The highest BCUT2D eigenvalue weighted by molar-refractivity contribution is 9.10. The minimum Gasteiger partial charge on any atom is -0.478 e. The molecule has 0 amide bonds. The molecule has 2 aromatic rings. The molecule has 0 bridgehead atoms. The van der Waals surface area contributed by atoms with Gasteiger partial charge in [-0.25, -0.2) is 4.98 Å². The lowest BCUT2D eigenvalue weighted by molar-refractivity contribution is 0.216. The van der Waals surface area contributed by atoms with Crippen LogP contribution < -0.4 is 9.64 Å². The minimum absolute atomic E-state index is 0.297. The summed E-state index contributed by atoms with van der Waals surface area (Å²) in [5.74, 6) is 3.11. The molecule has 0 spiro atoms. The van der Waals surface area contributed by atoms with Crippen molar-refractivity contribution in [1.29, 1.82) is 0 Å². The van der Waals surface area contributed by atoms with Gasteiger partial charge in [-0.1, -0.05) is 25.9 Å². The summed E-state index contributed by atoms with van der Waals surface area (Å²) in [5, 5.41) is 4.07. The van der Waals surface area contributed by atoms with Crippen molar-refractivity contribution >= 4 is 21.9 Å². The van der Waals surface area contributed by atoms with Gasteiger partial charge in [-0.15, -0.1) is 0 Å². The predicted molar refractivity (Wildman–Crippen MR) is 105 cm³/mol. The standard InChI is InChI=1S/C19H27BrN4O2/c1-13(2)18-22-19(26-23-18)24-9-6-15(7-10-24)14(3)8-11-25-17-5-4-16(20)12-21-17/h4-5,12-15H,6-11H2,1-3H3/t14-/m1/s1. The van der Waals surface area contributed by atoms with Crippen molar-refractivity contribution in [2.24, 2.45) is 11.8 Å². The van der Waals surface area contributed by atoms with Gasteiger partial charge in [0, 0.05) is 35.7 Å². The van der Waals surface area contributed by atoms with Gasteiger partial charge in [0.25, 0.3) is 0 Å². The first-order chi connectivity index (χ1) is 12.5. The summed E-state index contributed by atoms with van der Waals surface area (Å²) in [7, 11) is 0. The molecule has 26 heavy (non-hydrogen) atoms. The molecular weight excluding hydrogens is 396 g/mol. The SMILES string of the molecule is CC(C)c1noc(N2CCC([C@H](C)CCOc3ccc(Br)cn3)CC2)n1. The maximum Gasteiger partial charge on any atom is 0.324 e. The second kappa shape index (κ2) is 8.84. The molecule has 2 aromatic heterocycles. The maximum absolute atomic E-state index is 5.76. The Labute approximate surface area is 163 Å². The van der Waals surface area contributed by atoms with Crippen LogP contribution in [0, 0.1) is 11.8 Å². The van der Waals surface area contributed by atoms with Gasteiger partial charge in [-0.3, -0.25) is 0 Å². The van der Waals surface area contributed by atoms with E-state index in [1.165, 1.54) is 0 Å². The molecule has 3 rings (SSSR count). The average Bonchev–Trinajstić information content (AvgIpc) is 3.14. The fourth-order valence-electron chi connectivity index (χ4n) is 3.28. The van der Waals surface area contributed by atoms with Crippen molar-refractivity contribution in [3.05, 3.63) is 28.6 Å². The highest BCUT2D eigenvalue weighted by atomic mass is 79.9. The molecule has 7 heteroatoms. The molecule has 0 aromatic carbocycles. The average molecular weight is 423 g/mol. The third-order valence-corrected chi connectivity index (χ3v) is 5.55. The molecule has 0 saturated carbocycles. The van der Waals surface area contributed by atoms with Gasteiger partial charge < -0.3 is 14.2 Å². The van der Waals surface area contributed by atoms with Crippen LogP contribution in [0.3, 0.4) is 0 Å². The molecule has 1 aliphatic heterocycles. The van der Waals surface area contributed by atoms with Crippen molar-refractivity contribution in [3.8, 4) is 5.88 Å². The lowest BCUT2D eigenvalue weighted by Crippen LogP contribution is -2.36. The summed E-state index contributed by atoms with van der Waals surface area (Å²) < 4.78 is 12.1. The van der Waals surface area contributed by atoms with Gasteiger partial charge in [0.05, 0.1) is 6.61 Å². The van der Waals surface area contributed by atoms with E-state index >= 15 is 0 Å². The lowest BCUT2D eigenvalue weighted by atomic mass is 9.84. The maximum atomic E-state index is 5.76. The Morgan fingerprint density at radius 2 is 2.04 bits per heavy atom.